The molecular formula is C9H19N5O3. The summed E-state index contributed by atoms with van der Waals surface area (Å²) in [5.41, 5.74) is 5.14. The van der Waals surface area contributed by atoms with E-state index >= 15 is 0 Å². The highest BCUT2D eigenvalue weighted by molar-refractivity contribution is 5.79. The lowest BCUT2D eigenvalue weighted by molar-refractivity contribution is -0.140. The Morgan fingerprint density at radius 3 is 2.24 bits per heavy atom. The quantitative estimate of drug-likeness (QED) is 0.462. The first kappa shape index (κ1) is 13.8. The molecule has 1 aliphatic heterocycles. The standard InChI is InChI=1S/C9H19N5O3/c1-7(9(10)16)14(11-17)13-5-3-12(4-6-13)8(2)15/h7-8,15H,3-6H2,1-2H3,(H2,10,16). The molecule has 2 atom stereocenters. The summed E-state index contributed by atoms with van der Waals surface area (Å²) in [7, 11) is 0. The van der Waals surface area contributed by atoms with E-state index in [1.165, 1.54) is 6.92 Å². The van der Waals surface area contributed by atoms with Crippen molar-refractivity contribution in [3.05, 3.63) is 4.91 Å². The van der Waals surface area contributed by atoms with Crippen LogP contribution in [0.4, 0.5) is 0 Å². The molecule has 0 bridgehead atoms. The summed E-state index contributed by atoms with van der Waals surface area (Å²) in [5.74, 6) is -0.595. The topological polar surface area (TPSA) is 102 Å². The molecule has 17 heavy (non-hydrogen) atoms. The minimum Gasteiger partial charge on any atom is -0.379 e. The number of nitroso groups, excluding NO2 is 1. The minimum absolute atomic E-state index is 0.511. The van der Waals surface area contributed by atoms with E-state index in [2.05, 4.69) is 5.29 Å². The molecule has 0 saturated carbocycles. The first-order chi connectivity index (χ1) is 7.97. The number of aliphatic hydroxyl groups is 1. The summed E-state index contributed by atoms with van der Waals surface area (Å²) in [6.07, 6.45) is -0.511. The van der Waals surface area contributed by atoms with Gasteiger partial charge in [0.1, 0.15) is 12.3 Å². The fourth-order valence-electron chi connectivity index (χ4n) is 1.77. The van der Waals surface area contributed by atoms with Crippen LogP contribution in [0.5, 0.6) is 0 Å². The lowest BCUT2D eigenvalue weighted by Crippen LogP contribution is -2.57. The Kier molecular flexibility index (Phi) is 4.79. The zero-order valence-electron chi connectivity index (χ0n) is 10.1. The van der Waals surface area contributed by atoms with Gasteiger partial charge in [0.05, 0.1) is 5.29 Å². The normalized spacial score (nSPS) is 21.8. The van der Waals surface area contributed by atoms with Gasteiger partial charge in [0.25, 0.3) is 0 Å². The van der Waals surface area contributed by atoms with E-state index in [0.29, 0.717) is 26.2 Å². The molecule has 1 aliphatic rings. The van der Waals surface area contributed by atoms with E-state index in [4.69, 9.17) is 5.73 Å². The number of rotatable bonds is 5. The van der Waals surface area contributed by atoms with Gasteiger partial charge in [0, 0.05) is 26.2 Å². The van der Waals surface area contributed by atoms with Gasteiger partial charge >= 0.3 is 0 Å². The first-order valence-corrected chi connectivity index (χ1v) is 5.56. The van der Waals surface area contributed by atoms with Crippen molar-refractivity contribution in [2.24, 2.45) is 11.0 Å². The molecule has 98 valence electrons. The van der Waals surface area contributed by atoms with Crippen LogP contribution < -0.4 is 5.73 Å². The third-order valence-electron chi connectivity index (χ3n) is 2.95. The third-order valence-corrected chi connectivity index (χ3v) is 2.95. The van der Waals surface area contributed by atoms with Gasteiger partial charge in [0.2, 0.25) is 5.91 Å². The van der Waals surface area contributed by atoms with Crippen LogP contribution in [0.3, 0.4) is 0 Å². The van der Waals surface area contributed by atoms with Crippen LogP contribution in [0.25, 0.3) is 0 Å². The Hall–Kier alpha value is -1.25. The van der Waals surface area contributed by atoms with E-state index in [1.807, 2.05) is 4.90 Å². The number of carbonyl (C=O) groups excluding carboxylic acids is 1. The summed E-state index contributed by atoms with van der Waals surface area (Å²) in [5, 5.41) is 15.0. The lowest BCUT2D eigenvalue weighted by Gasteiger charge is -2.40. The molecule has 8 nitrogen and oxygen atoms in total. The van der Waals surface area contributed by atoms with Crippen LogP contribution in [0.1, 0.15) is 13.8 Å². The van der Waals surface area contributed by atoms with Gasteiger partial charge in [-0.1, -0.05) is 0 Å². The predicted octanol–water partition coefficient (Wildman–Crippen LogP) is -1.29. The molecule has 8 heteroatoms. The average molecular weight is 245 g/mol. The SMILES string of the molecule is CC(O)N1CCN(N(N=O)C(C)C(N)=O)CC1. The number of carbonyl (C=O) groups is 1. The number of nitrogens with zero attached hydrogens (tertiary/aromatic N) is 4. The van der Waals surface area contributed by atoms with E-state index in [-0.39, 0.29) is 0 Å². The smallest absolute Gasteiger partial charge is 0.243 e. The van der Waals surface area contributed by atoms with Crippen LogP contribution in [0.2, 0.25) is 0 Å². The van der Waals surface area contributed by atoms with Crippen molar-refractivity contribution in [2.75, 3.05) is 26.2 Å². The monoisotopic (exact) mass is 245 g/mol. The van der Waals surface area contributed by atoms with Gasteiger partial charge in [-0.2, -0.15) is 10.1 Å². The molecule has 1 heterocycles. The number of hydrazine groups is 1. The molecule has 1 saturated heterocycles. The molecule has 0 aromatic heterocycles. The fourth-order valence-corrected chi connectivity index (χ4v) is 1.77. The molecule has 1 amide bonds. The second-order valence-corrected chi connectivity index (χ2v) is 4.10. The van der Waals surface area contributed by atoms with Crippen LogP contribution in [0.15, 0.2) is 5.29 Å². The van der Waals surface area contributed by atoms with Gasteiger partial charge in [-0.3, -0.25) is 9.69 Å². The lowest BCUT2D eigenvalue weighted by atomic mass is 10.3. The molecular weight excluding hydrogens is 226 g/mol. The maximum atomic E-state index is 11.0. The molecule has 0 aromatic carbocycles. The maximum Gasteiger partial charge on any atom is 0.243 e. The van der Waals surface area contributed by atoms with Crippen molar-refractivity contribution in [3.63, 3.8) is 0 Å². The van der Waals surface area contributed by atoms with Gasteiger partial charge in [-0.15, -0.1) is 4.91 Å². The van der Waals surface area contributed by atoms with Crippen molar-refractivity contribution in [1.29, 1.82) is 0 Å². The Balaban J connectivity index is 2.56. The minimum atomic E-state index is -0.759. The fraction of sp³-hybridized carbons (Fsp3) is 0.889. The number of primary amides is 1. The van der Waals surface area contributed by atoms with E-state index in [9.17, 15) is 14.8 Å². The maximum absolute atomic E-state index is 11.0. The molecule has 0 aromatic rings. The van der Waals surface area contributed by atoms with Crippen LogP contribution >= 0.6 is 0 Å². The summed E-state index contributed by atoms with van der Waals surface area (Å²) in [6.45, 7) is 5.48. The zero-order valence-corrected chi connectivity index (χ0v) is 10.1. The van der Waals surface area contributed by atoms with E-state index < -0.39 is 18.2 Å². The number of piperazine rings is 1. The first-order valence-electron chi connectivity index (χ1n) is 5.56. The molecule has 1 rings (SSSR count). The molecule has 3 N–H and O–H groups in total. The highest BCUT2D eigenvalue weighted by Gasteiger charge is 2.29. The predicted molar refractivity (Wildman–Crippen MR) is 61.1 cm³/mol. The Bertz CT molecular complexity index is 278. The van der Waals surface area contributed by atoms with Gasteiger partial charge < -0.3 is 10.8 Å². The molecule has 0 spiro atoms. The highest BCUT2D eigenvalue weighted by Crippen LogP contribution is 2.11. The molecule has 0 aliphatic carbocycles. The van der Waals surface area contributed by atoms with Crippen LogP contribution in [0, 0.1) is 4.91 Å². The van der Waals surface area contributed by atoms with Crippen molar-refractivity contribution >= 4 is 5.91 Å². The zero-order chi connectivity index (χ0) is 13.0. The molecule has 0 radical (unpaired) electrons. The third kappa shape index (κ3) is 3.35. The number of aliphatic hydroxyl groups excluding tert-OH is 1. The Labute approximate surface area is 99.9 Å². The average Bonchev–Trinajstić information content (AvgIpc) is 2.30. The molecule has 1 fully saturated rings. The van der Waals surface area contributed by atoms with Crippen molar-refractivity contribution in [2.45, 2.75) is 26.1 Å². The second-order valence-electron chi connectivity index (χ2n) is 4.10. The number of hydrogen-bond donors (Lipinski definition) is 2. The summed E-state index contributed by atoms with van der Waals surface area (Å²) in [6, 6.07) is -0.759. The van der Waals surface area contributed by atoms with Gasteiger partial charge in [-0.05, 0) is 13.8 Å². The Morgan fingerprint density at radius 1 is 1.35 bits per heavy atom. The largest absolute Gasteiger partial charge is 0.379 e. The number of hydrogen-bond acceptors (Lipinski definition) is 6. The van der Waals surface area contributed by atoms with Crippen molar-refractivity contribution in [3.8, 4) is 0 Å². The van der Waals surface area contributed by atoms with E-state index in [0.717, 1.165) is 5.12 Å². The molecule has 2 unspecified atom stereocenters. The highest BCUT2D eigenvalue weighted by atomic mass is 16.3. The van der Waals surface area contributed by atoms with Crippen LogP contribution in [-0.2, 0) is 4.79 Å². The number of nitrogens with two attached hydrogens (primary N) is 1. The Morgan fingerprint density at radius 2 is 1.88 bits per heavy atom. The van der Waals surface area contributed by atoms with Crippen molar-refractivity contribution < 1.29 is 9.90 Å². The second kappa shape index (κ2) is 5.89. The van der Waals surface area contributed by atoms with Gasteiger partial charge in [-0.25, -0.2) is 0 Å². The van der Waals surface area contributed by atoms with Crippen molar-refractivity contribution in [1.82, 2.24) is 15.0 Å². The summed E-state index contributed by atoms with van der Waals surface area (Å²) < 4.78 is 0. The summed E-state index contributed by atoms with van der Waals surface area (Å²) in [4.78, 5) is 23.6. The van der Waals surface area contributed by atoms with Crippen LogP contribution in [-0.4, -0.2) is 64.5 Å². The number of amides is 1. The summed E-state index contributed by atoms with van der Waals surface area (Å²) >= 11 is 0. The van der Waals surface area contributed by atoms with E-state index in [1.54, 1.807) is 11.9 Å². The van der Waals surface area contributed by atoms with Gasteiger partial charge in [0.15, 0.2) is 0 Å².